The topological polar surface area (TPSA) is 12.0 Å². The summed E-state index contributed by atoms with van der Waals surface area (Å²) in [5, 5.41) is 2.85. The molecule has 1 aromatic carbocycles. The highest BCUT2D eigenvalue weighted by molar-refractivity contribution is 5.23. The van der Waals surface area contributed by atoms with Gasteiger partial charge in [-0.05, 0) is 18.9 Å². The van der Waals surface area contributed by atoms with E-state index in [9.17, 15) is 8.78 Å². The normalized spacial score (nSPS) is 13.1. The van der Waals surface area contributed by atoms with Crippen LogP contribution in [0.5, 0.6) is 0 Å². The van der Waals surface area contributed by atoms with Crippen molar-refractivity contribution >= 4 is 0 Å². The predicted octanol–water partition coefficient (Wildman–Crippen LogP) is 3.30. The van der Waals surface area contributed by atoms with Gasteiger partial charge in [0.05, 0.1) is 6.54 Å². The van der Waals surface area contributed by atoms with E-state index in [-0.39, 0.29) is 12.6 Å². The minimum Gasteiger partial charge on any atom is -0.305 e. The molecule has 0 aliphatic rings. The van der Waals surface area contributed by atoms with E-state index < -0.39 is 6.43 Å². The molecule has 0 radical (unpaired) electrons. The molecule has 0 heterocycles. The van der Waals surface area contributed by atoms with Gasteiger partial charge in [-0.3, -0.25) is 0 Å². The van der Waals surface area contributed by atoms with Gasteiger partial charge >= 0.3 is 0 Å². The Labute approximate surface area is 89.5 Å². The molecule has 3 heteroatoms. The van der Waals surface area contributed by atoms with Crippen molar-refractivity contribution in [3.63, 3.8) is 0 Å². The second kappa shape index (κ2) is 5.81. The second-order valence-corrected chi connectivity index (χ2v) is 3.67. The van der Waals surface area contributed by atoms with E-state index in [2.05, 4.69) is 5.32 Å². The van der Waals surface area contributed by atoms with Crippen LogP contribution < -0.4 is 5.32 Å². The molecule has 1 N–H and O–H groups in total. The zero-order valence-corrected chi connectivity index (χ0v) is 9.13. The first-order valence-electron chi connectivity index (χ1n) is 5.21. The third kappa shape index (κ3) is 3.96. The second-order valence-electron chi connectivity index (χ2n) is 3.67. The Balaban J connectivity index is 2.61. The Morgan fingerprint density at radius 2 is 1.80 bits per heavy atom. The van der Waals surface area contributed by atoms with Gasteiger partial charge in [0.15, 0.2) is 0 Å². The van der Waals surface area contributed by atoms with Crippen LogP contribution in [0.4, 0.5) is 8.78 Å². The SMILES string of the molecule is CCC(NCC(F)F)c1ccc(C)cc1. The van der Waals surface area contributed by atoms with E-state index in [0.29, 0.717) is 0 Å². The van der Waals surface area contributed by atoms with E-state index in [1.807, 2.05) is 38.1 Å². The lowest BCUT2D eigenvalue weighted by Crippen LogP contribution is -2.26. The lowest BCUT2D eigenvalue weighted by molar-refractivity contribution is 0.141. The quantitative estimate of drug-likeness (QED) is 0.791. The number of rotatable bonds is 5. The fraction of sp³-hybridized carbons (Fsp3) is 0.500. The van der Waals surface area contributed by atoms with Crippen molar-refractivity contribution in [3.8, 4) is 0 Å². The fourth-order valence-corrected chi connectivity index (χ4v) is 1.53. The zero-order valence-electron chi connectivity index (χ0n) is 9.13. The number of aryl methyl sites for hydroxylation is 1. The molecule has 0 aromatic heterocycles. The molecule has 0 aliphatic heterocycles. The summed E-state index contributed by atoms with van der Waals surface area (Å²) in [6.45, 7) is 3.76. The monoisotopic (exact) mass is 213 g/mol. The zero-order chi connectivity index (χ0) is 11.3. The number of halogens is 2. The molecular weight excluding hydrogens is 196 g/mol. The summed E-state index contributed by atoms with van der Waals surface area (Å²) in [6.07, 6.45) is -1.47. The molecular formula is C12H17F2N. The highest BCUT2D eigenvalue weighted by Gasteiger charge is 2.10. The summed E-state index contributed by atoms with van der Waals surface area (Å²) < 4.78 is 24.1. The summed E-state index contributed by atoms with van der Waals surface area (Å²) in [5.74, 6) is 0. The van der Waals surface area contributed by atoms with Gasteiger partial charge in [0.25, 0.3) is 6.43 Å². The number of benzene rings is 1. The number of hydrogen-bond acceptors (Lipinski definition) is 1. The predicted molar refractivity (Wildman–Crippen MR) is 58.2 cm³/mol. The molecule has 0 bridgehead atoms. The van der Waals surface area contributed by atoms with Gasteiger partial charge in [-0.15, -0.1) is 0 Å². The van der Waals surface area contributed by atoms with Gasteiger partial charge in [0.2, 0.25) is 0 Å². The molecule has 1 rings (SSSR count). The molecule has 0 aliphatic carbocycles. The molecule has 0 amide bonds. The number of hydrogen-bond donors (Lipinski definition) is 1. The largest absolute Gasteiger partial charge is 0.305 e. The van der Waals surface area contributed by atoms with E-state index in [1.54, 1.807) is 0 Å². The van der Waals surface area contributed by atoms with Gasteiger partial charge in [-0.1, -0.05) is 36.8 Å². The van der Waals surface area contributed by atoms with Gasteiger partial charge in [-0.25, -0.2) is 8.78 Å². The van der Waals surface area contributed by atoms with Crippen LogP contribution in [0.25, 0.3) is 0 Å². The lowest BCUT2D eigenvalue weighted by Gasteiger charge is -2.17. The van der Waals surface area contributed by atoms with Crippen molar-refractivity contribution in [1.29, 1.82) is 0 Å². The Hall–Kier alpha value is -0.960. The maximum absolute atomic E-state index is 12.0. The summed E-state index contributed by atoms with van der Waals surface area (Å²) in [4.78, 5) is 0. The van der Waals surface area contributed by atoms with Crippen LogP contribution in [-0.4, -0.2) is 13.0 Å². The summed E-state index contributed by atoms with van der Waals surface area (Å²) >= 11 is 0. The molecule has 15 heavy (non-hydrogen) atoms. The van der Waals surface area contributed by atoms with Crippen LogP contribution >= 0.6 is 0 Å². The van der Waals surface area contributed by atoms with Gasteiger partial charge in [0.1, 0.15) is 0 Å². The third-order valence-electron chi connectivity index (χ3n) is 2.41. The molecule has 0 saturated carbocycles. The Morgan fingerprint density at radius 1 is 1.20 bits per heavy atom. The smallest absolute Gasteiger partial charge is 0.250 e. The summed E-state index contributed by atoms with van der Waals surface area (Å²) in [5.41, 5.74) is 2.26. The van der Waals surface area contributed by atoms with Crippen LogP contribution in [0.2, 0.25) is 0 Å². The van der Waals surface area contributed by atoms with Crippen molar-refractivity contribution in [2.24, 2.45) is 0 Å². The minimum atomic E-state index is -2.29. The standard InChI is InChI=1S/C12H17F2N/c1-3-11(15-8-12(13)14)10-6-4-9(2)5-7-10/h4-7,11-12,15H,3,8H2,1-2H3. The molecule has 1 atom stereocenters. The van der Waals surface area contributed by atoms with Crippen molar-refractivity contribution in [3.05, 3.63) is 35.4 Å². The van der Waals surface area contributed by atoms with E-state index >= 15 is 0 Å². The van der Waals surface area contributed by atoms with E-state index in [4.69, 9.17) is 0 Å². The average Bonchev–Trinajstić information content (AvgIpc) is 2.21. The van der Waals surface area contributed by atoms with Crippen LogP contribution in [0.3, 0.4) is 0 Å². The Kier molecular flexibility index (Phi) is 4.69. The average molecular weight is 213 g/mol. The summed E-state index contributed by atoms with van der Waals surface area (Å²) in [7, 11) is 0. The first kappa shape index (κ1) is 12.1. The van der Waals surface area contributed by atoms with Crippen molar-refractivity contribution < 1.29 is 8.78 Å². The molecule has 0 spiro atoms. The molecule has 1 aromatic rings. The van der Waals surface area contributed by atoms with Gasteiger partial charge in [-0.2, -0.15) is 0 Å². The van der Waals surface area contributed by atoms with E-state index in [0.717, 1.165) is 12.0 Å². The first-order valence-corrected chi connectivity index (χ1v) is 5.21. The molecule has 1 nitrogen and oxygen atoms in total. The summed E-state index contributed by atoms with van der Waals surface area (Å²) in [6, 6.07) is 8.01. The Bertz CT molecular complexity index is 282. The number of nitrogens with one attached hydrogen (secondary N) is 1. The van der Waals surface area contributed by atoms with Crippen molar-refractivity contribution in [1.82, 2.24) is 5.32 Å². The molecule has 0 fully saturated rings. The molecule has 1 unspecified atom stereocenters. The third-order valence-corrected chi connectivity index (χ3v) is 2.41. The highest BCUT2D eigenvalue weighted by atomic mass is 19.3. The van der Waals surface area contributed by atoms with E-state index in [1.165, 1.54) is 5.56 Å². The maximum Gasteiger partial charge on any atom is 0.250 e. The maximum atomic E-state index is 12.0. The van der Waals surface area contributed by atoms with Crippen molar-refractivity contribution in [2.75, 3.05) is 6.54 Å². The highest BCUT2D eigenvalue weighted by Crippen LogP contribution is 2.17. The van der Waals surface area contributed by atoms with Gasteiger partial charge < -0.3 is 5.32 Å². The van der Waals surface area contributed by atoms with Crippen LogP contribution in [0, 0.1) is 6.92 Å². The van der Waals surface area contributed by atoms with Crippen LogP contribution in [-0.2, 0) is 0 Å². The number of alkyl halides is 2. The molecule has 84 valence electrons. The van der Waals surface area contributed by atoms with Gasteiger partial charge in [0, 0.05) is 6.04 Å². The first-order chi connectivity index (χ1) is 7.13. The molecule has 0 saturated heterocycles. The van der Waals surface area contributed by atoms with Crippen molar-refractivity contribution in [2.45, 2.75) is 32.7 Å². The minimum absolute atomic E-state index is 0.0274. The van der Waals surface area contributed by atoms with Crippen LogP contribution in [0.1, 0.15) is 30.5 Å². The lowest BCUT2D eigenvalue weighted by atomic mass is 10.0. The van der Waals surface area contributed by atoms with Crippen LogP contribution in [0.15, 0.2) is 24.3 Å². The fourth-order valence-electron chi connectivity index (χ4n) is 1.53. The Morgan fingerprint density at radius 3 is 2.27 bits per heavy atom.